The zero-order valence-electron chi connectivity index (χ0n) is 7.00. The number of benzene rings is 1. The SMILES string of the molecule is Nc1c(F)cccc1SC1COC1. The number of para-hydroxylation sites is 1. The van der Waals surface area contributed by atoms with Gasteiger partial charge in [-0.2, -0.15) is 0 Å². The van der Waals surface area contributed by atoms with E-state index >= 15 is 0 Å². The first kappa shape index (κ1) is 8.84. The Morgan fingerprint density at radius 1 is 1.46 bits per heavy atom. The van der Waals surface area contributed by atoms with Crippen molar-refractivity contribution in [1.29, 1.82) is 0 Å². The molecule has 1 fully saturated rings. The normalized spacial score (nSPS) is 17.0. The molecule has 1 aromatic carbocycles. The fraction of sp³-hybridized carbons (Fsp3) is 0.333. The van der Waals surface area contributed by atoms with Crippen LogP contribution in [0.5, 0.6) is 0 Å². The van der Waals surface area contributed by atoms with E-state index in [1.54, 1.807) is 17.8 Å². The van der Waals surface area contributed by atoms with Gasteiger partial charge in [0.05, 0.1) is 24.2 Å². The van der Waals surface area contributed by atoms with Crippen LogP contribution in [0.2, 0.25) is 0 Å². The number of halogens is 1. The highest BCUT2D eigenvalue weighted by Crippen LogP contribution is 2.32. The van der Waals surface area contributed by atoms with Crippen LogP contribution >= 0.6 is 11.8 Å². The fourth-order valence-electron chi connectivity index (χ4n) is 1.08. The summed E-state index contributed by atoms with van der Waals surface area (Å²) in [7, 11) is 0. The van der Waals surface area contributed by atoms with E-state index < -0.39 is 0 Å². The predicted molar refractivity (Wildman–Crippen MR) is 51.3 cm³/mol. The zero-order valence-corrected chi connectivity index (χ0v) is 7.81. The van der Waals surface area contributed by atoms with Gasteiger partial charge in [0.15, 0.2) is 0 Å². The van der Waals surface area contributed by atoms with E-state index in [1.165, 1.54) is 6.07 Å². The molecule has 2 nitrogen and oxygen atoms in total. The molecule has 0 aromatic heterocycles. The lowest BCUT2D eigenvalue weighted by Crippen LogP contribution is -2.30. The Balaban J connectivity index is 2.14. The van der Waals surface area contributed by atoms with E-state index in [2.05, 4.69) is 0 Å². The van der Waals surface area contributed by atoms with Gasteiger partial charge in [0.2, 0.25) is 0 Å². The predicted octanol–water partition coefficient (Wildman–Crippen LogP) is 1.90. The Hall–Kier alpha value is -0.740. The molecule has 13 heavy (non-hydrogen) atoms. The highest BCUT2D eigenvalue weighted by molar-refractivity contribution is 8.00. The number of ether oxygens (including phenoxy) is 1. The van der Waals surface area contributed by atoms with E-state index in [1.807, 2.05) is 6.07 Å². The van der Waals surface area contributed by atoms with Gasteiger partial charge in [0, 0.05) is 4.90 Å². The van der Waals surface area contributed by atoms with Crippen molar-refractivity contribution < 1.29 is 9.13 Å². The molecule has 0 bridgehead atoms. The monoisotopic (exact) mass is 199 g/mol. The van der Waals surface area contributed by atoms with Crippen LogP contribution in [0.15, 0.2) is 23.1 Å². The topological polar surface area (TPSA) is 35.2 Å². The first-order valence-electron chi connectivity index (χ1n) is 4.06. The lowest BCUT2D eigenvalue weighted by molar-refractivity contribution is 0.0455. The minimum atomic E-state index is -0.342. The summed E-state index contributed by atoms with van der Waals surface area (Å²) in [6.07, 6.45) is 0. The molecule has 2 rings (SSSR count). The van der Waals surface area contributed by atoms with E-state index in [0.717, 1.165) is 18.1 Å². The van der Waals surface area contributed by atoms with Gasteiger partial charge in [-0.25, -0.2) is 4.39 Å². The Bertz CT molecular complexity index is 314. The quantitative estimate of drug-likeness (QED) is 0.739. The van der Waals surface area contributed by atoms with Gasteiger partial charge in [0.1, 0.15) is 5.82 Å². The van der Waals surface area contributed by atoms with Crippen LogP contribution in [0, 0.1) is 5.82 Å². The molecule has 0 spiro atoms. The molecule has 70 valence electrons. The number of hydrogen-bond acceptors (Lipinski definition) is 3. The Labute approximate surface area is 80.3 Å². The molecule has 1 aromatic rings. The van der Waals surface area contributed by atoms with Crippen LogP contribution in [0.25, 0.3) is 0 Å². The molecule has 1 aliphatic heterocycles. The van der Waals surface area contributed by atoms with E-state index in [4.69, 9.17) is 10.5 Å². The minimum absolute atomic E-state index is 0.249. The third-order valence-electron chi connectivity index (χ3n) is 1.91. The first-order chi connectivity index (χ1) is 6.27. The van der Waals surface area contributed by atoms with Crippen molar-refractivity contribution in [2.24, 2.45) is 0 Å². The maximum Gasteiger partial charge on any atom is 0.147 e. The lowest BCUT2D eigenvalue weighted by atomic mass is 10.3. The summed E-state index contributed by atoms with van der Waals surface area (Å²) >= 11 is 1.58. The van der Waals surface area contributed by atoms with Gasteiger partial charge in [0.25, 0.3) is 0 Å². The third-order valence-corrected chi connectivity index (χ3v) is 3.13. The molecule has 1 heterocycles. The summed E-state index contributed by atoms with van der Waals surface area (Å²) in [5.41, 5.74) is 5.82. The van der Waals surface area contributed by atoms with Crippen LogP contribution < -0.4 is 5.73 Å². The van der Waals surface area contributed by atoms with Crippen LogP contribution in [0.3, 0.4) is 0 Å². The molecule has 0 saturated carbocycles. The molecule has 1 saturated heterocycles. The van der Waals surface area contributed by atoms with E-state index in [9.17, 15) is 4.39 Å². The van der Waals surface area contributed by atoms with E-state index in [0.29, 0.717) is 5.25 Å². The van der Waals surface area contributed by atoms with Gasteiger partial charge in [-0.15, -0.1) is 11.8 Å². The summed E-state index contributed by atoms with van der Waals surface area (Å²) in [5, 5.41) is 0.434. The largest absolute Gasteiger partial charge is 0.395 e. The smallest absolute Gasteiger partial charge is 0.147 e. The number of anilines is 1. The molecule has 0 atom stereocenters. The van der Waals surface area contributed by atoms with Crippen LogP contribution in [-0.4, -0.2) is 18.5 Å². The summed E-state index contributed by atoms with van der Waals surface area (Å²) < 4.78 is 18.0. The number of hydrogen-bond donors (Lipinski definition) is 1. The van der Waals surface area contributed by atoms with Gasteiger partial charge in [-0.3, -0.25) is 0 Å². The highest BCUT2D eigenvalue weighted by Gasteiger charge is 2.20. The molecule has 1 aliphatic rings. The second-order valence-electron chi connectivity index (χ2n) is 2.93. The molecule has 0 radical (unpaired) electrons. The number of nitrogen functional groups attached to an aromatic ring is 1. The van der Waals surface area contributed by atoms with Crippen molar-refractivity contribution in [3.05, 3.63) is 24.0 Å². The molecule has 0 aliphatic carbocycles. The second-order valence-corrected chi connectivity index (χ2v) is 4.27. The summed E-state index contributed by atoms with van der Waals surface area (Å²) in [6.45, 7) is 1.47. The maximum atomic E-state index is 13.0. The van der Waals surface area contributed by atoms with Crippen molar-refractivity contribution in [3.8, 4) is 0 Å². The average Bonchev–Trinajstić information content (AvgIpc) is 2.04. The minimum Gasteiger partial charge on any atom is -0.395 e. The number of nitrogens with two attached hydrogens (primary N) is 1. The van der Waals surface area contributed by atoms with Crippen molar-refractivity contribution in [2.45, 2.75) is 10.1 Å². The lowest BCUT2D eigenvalue weighted by Gasteiger charge is -2.25. The summed E-state index contributed by atoms with van der Waals surface area (Å²) in [5.74, 6) is -0.342. The Morgan fingerprint density at radius 2 is 2.23 bits per heavy atom. The standard InChI is InChI=1S/C9H10FNOS/c10-7-2-1-3-8(9(7)11)13-6-4-12-5-6/h1-3,6H,4-5,11H2. The summed E-state index contributed by atoms with van der Waals surface area (Å²) in [6, 6.07) is 4.88. The molecule has 2 N–H and O–H groups in total. The first-order valence-corrected chi connectivity index (χ1v) is 4.94. The van der Waals surface area contributed by atoms with Crippen molar-refractivity contribution >= 4 is 17.4 Å². The van der Waals surface area contributed by atoms with Crippen molar-refractivity contribution in [2.75, 3.05) is 18.9 Å². The number of rotatable bonds is 2. The van der Waals surface area contributed by atoms with Crippen molar-refractivity contribution in [3.63, 3.8) is 0 Å². The van der Waals surface area contributed by atoms with Gasteiger partial charge in [-0.05, 0) is 12.1 Å². The van der Waals surface area contributed by atoms with Crippen LogP contribution in [-0.2, 0) is 4.74 Å². The zero-order chi connectivity index (χ0) is 9.26. The Kier molecular flexibility index (Phi) is 2.42. The molecule has 0 unspecified atom stereocenters. The highest BCUT2D eigenvalue weighted by atomic mass is 32.2. The van der Waals surface area contributed by atoms with Crippen LogP contribution in [0.4, 0.5) is 10.1 Å². The summed E-state index contributed by atoms with van der Waals surface area (Å²) in [4.78, 5) is 0.813. The van der Waals surface area contributed by atoms with E-state index in [-0.39, 0.29) is 11.5 Å². The van der Waals surface area contributed by atoms with Gasteiger partial charge in [-0.1, -0.05) is 6.07 Å². The van der Waals surface area contributed by atoms with Gasteiger partial charge >= 0.3 is 0 Å². The number of thioether (sulfide) groups is 1. The Morgan fingerprint density at radius 3 is 2.85 bits per heavy atom. The molecular weight excluding hydrogens is 189 g/mol. The second kappa shape index (κ2) is 3.55. The molecule has 0 amide bonds. The fourth-order valence-corrected chi connectivity index (χ4v) is 2.15. The van der Waals surface area contributed by atoms with Crippen molar-refractivity contribution in [1.82, 2.24) is 0 Å². The third kappa shape index (κ3) is 1.78. The van der Waals surface area contributed by atoms with Gasteiger partial charge < -0.3 is 10.5 Å². The molecular formula is C9H10FNOS. The average molecular weight is 199 g/mol. The van der Waals surface area contributed by atoms with Crippen LogP contribution in [0.1, 0.15) is 0 Å². The molecule has 4 heteroatoms. The maximum absolute atomic E-state index is 13.0.